The van der Waals surface area contributed by atoms with E-state index in [1.807, 2.05) is 37.3 Å². The van der Waals surface area contributed by atoms with Crippen molar-refractivity contribution in [2.45, 2.75) is 40.5 Å². The number of carbonyl (C=O) groups excluding carboxylic acids is 1. The van der Waals surface area contributed by atoms with Crippen LogP contribution in [0.5, 0.6) is 0 Å². The molecule has 6 heterocycles. The molecule has 1 atom stereocenters. The smallest absolute Gasteiger partial charge is 0.282 e. The van der Waals surface area contributed by atoms with E-state index in [1.54, 1.807) is 0 Å². The van der Waals surface area contributed by atoms with E-state index in [9.17, 15) is 4.79 Å². The van der Waals surface area contributed by atoms with Gasteiger partial charge in [0, 0.05) is 39.0 Å². The number of aliphatic imine (C=N–C) groups is 2. The second-order valence-electron chi connectivity index (χ2n) is 17.3. The fourth-order valence-corrected chi connectivity index (χ4v) is 9.32. The lowest BCUT2D eigenvalue weighted by Gasteiger charge is -2.16. The van der Waals surface area contributed by atoms with Gasteiger partial charge in [-0.1, -0.05) is 138 Å². The van der Waals surface area contributed by atoms with E-state index in [1.165, 1.54) is 21.7 Å². The average Bonchev–Trinajstić information content (AvgIpc) is 4.18. The van der Waals surface area contributed by atoms with Gasteiger partial charge in [0.2, 0.25) is 0 Å². The summed E-state index contributed by atoms with van der Waals surface area (Å²) in [5.41, 5.74) is 19.7. The Labute approximate surface area is 378 Å². The van der Waals surface area contributed by atoms with Crippen LogP contribution in [0.3, 0.4) is 0 Å². The van der Waals surface area contributed by atoms with Gasteiger partial charge in [0.05, 0.1) is 51.1 Å². The number of aryl methyl sites for hydroxylation is 4. The summed E-state index contributed by atoms with van der Waals surface area (Å²) in [6, 6.07) is 50.7. The average molecular weight is 843 g/mol. The Kier molecular flexibility index (Phi) is 9.69. The molecule has 4 aliphatic rings. The van der Waals surface area contributed by atoms with Crippen LogP contribution < -0.4 is 15.6 Å². The molecule has 0 spiro atoms. The van der Waals surface area contributed by atoms with Gasteiger partial charge < -0.3 is 9.97 Å². The predicted molar refractivity (Wildman–Crippen MR) is 266 cm³/mol. The first-order valence-electron chi connectivity index (χ1n) is 22.1. The molecule has 65 heavy (non-hydrogen) atoms. The van der Waals surface area contributed by atoms with Crippen LogP contribution in [-0.4, -0.2) is 33.0 Å². The Morgan fingerprint density at radius 1 is 0.508 bits per heavy atom. The Bertz CT molecular complexity index is 3440. The van der Waals surface area contributed by atoms with Crippen LogP contribution in [0.25, 0.3) is 22.3 Å². The Morgan fingerprint density at radius 3 is 1.62 bits per heavy atom. The number of anilines is 1. The van der Waals surface area contributed by atoms with Crippen molar-refractivity contribution >= 4 is 51.0 Å². The second kappa shape index (κ2) is 15.9. The summed E-state index contributed by atoms with van der Waals surface area (Å²) in [7, 11) is 0. The first kappa shape index (κ1) is 39.7. The standard InChI is InChI=1S/C58H46N6O/c1-34-11-19-39(20-12-34)53-44-33-51(62-57(44)52-38(5)63-64(58(52)65)43-9-7-6-8-10-43)56(42-25-17-37(4)18-26-42)50-32-31-49(61-50)55(41-23-15-36(3)16-24-41)48-30-29-47(60-48)54(46-28-27-45(53)59-46)40-21-13-35(2)14-22-40/h6-33,56,60,62H,1-5H3/b53-44+,54-46-,55-49-,57-52+. The van der Waals surface area contributed by atoms with E-state index in [2.05, 4.69) is 177 Å². The van der Waals surface area contributed by atoms with Gasteiger partial charge in [-0.05, 0) is 112 Å². The molecule has 0 saturated carbocycles. The number of hydrazone groups is 1. The van der Waals surface area contributed by atoms with Crippen LogP contribution in [0.2, 0.25) is 0 Å². The van der Waals surface area contributed by atoms with Crippen molar-refractivity contribution in [1.82, 2.24) is 9.97 Å². The van der Waals surface area contributed by atoms with Gasteiger partial charge in [-0.15, -0.1) is 0 Å². The minimum atomic E-state index is -0.327. The lowest BCUT2D eigenvalue weighted by Crippen LogP contribution is -2.35. The molecule has 8 bridgehead atoms. The van der Waals surface area contributed by atoms with E-state index in [0.29, 0.717) is 22.3 Å². The Balaban J connectivity index is 1.29. The number of nitrogens with zero attached hydrogens (tertiary/aromatic N) is 4. The summed E-state index contributed by atoms with van der Waals surface area (Å²) in [5.74, 6) is -0.532. The highest BCUT2D eigenvalue weighted by Gasteiger charge is 2.33. The maximum atomic E-state index is 14.9. The zero-order valence-electron chi connectivity index (χ0n) is 36.9. The summed E-state index contributed by atoms with van der Waals surface area (Å²) in [6.45, 7) is 10.3. The molecule has 7 heteroatoms. The summed E-state index contributed by atoms with van der Waals surface area (Å²) in [4.78, 5) is 33.8. The molecule has 0 radical (unpaired) electrons. The number of hydrogen-bond acceptors (Lipinski definition) is 4. The van der Waals surface area contributed by atoms with Crippen molar-refractivity contribution in [3.05, 3.63) is 253 Å². The highest BCUT2D eigenvalue weighted by atomic mass is 16.2. The van der Waals surface area contributed by atoms with E-state index < -0.39 is 0 Å². The Hall–Kier alpha value is -8.16. The zero-order chi connectivity index (χ0) is 44.3. The van der Waals surface area contributed by atoms with Crippen molar-refractivity contribution in [3.63, 3.8) is 0 Å². The van der Waals surface area contributed by atoms with Crippen LogP contribution in [0, 0.1) is 27.7 Å². The molecule has 7 nitrogen and oxygen atoms in total. The monoisotopic (exact) mass is 842 g/mol. The molecule has 11 rings (SSSR count). The van der Waals surface area contributed by atoms with E-state index in [4.69, 9.17) is 15.1 Å². The van der Waals surface area contributed by atoms with Crippen molar-refractivity contribution in [3.8, 4) is 0 Å². The number of hydrogen-bond donors (Lipinski definition) is 2. The molecule has 1 amide bonds. The highest BCUT2D eigenvalue weighted by Crippen LogP contribution is 2.38. The molecule has 2 N–H and O–H groups in total. The van der Waals surface area contributed by atoms with Crippen LogP contribution in [0.4, 0.5) is 5.69 Å². The number of para-hydroxylation sites is 1. The van der Waals surface area contributed by atoms with Gasteiger partial charge in [0.25, 0.3) is 5.91 Å². The first-order valence-corrected chi connectivity index (χ1v) is 22.1. The summed E-state index contributed by atoms with van der Waals surface area (Å²) in [6.07, 6.45) is 8.51. The van der Waals surface area contributed by atoms with Crippen molar-refractivity contribution in [1.29, 1.82) is 0 Å². The molecule has 0 saturated heterocycles. The minimum Gasteiger partial charge on any atom is -0.357 e. The van der Waals surface area contributed by atoms with Gasteiger partial charge in [0.15, 0.2) is 0 Å². The molecular weight excluding hydrogens is 797 g/mol. The van der Waals surface area contributed by atoms with Gasteiger partial charge in [-0.25, -0.2) is 4.99 Å². The van der Waals surface area contributed by atoms with E-state index >= 15 is 0 Å². The third-order valence-electron chi connectivity index (χ3n) is 12.7. The lowest BCUT2D eigenvalue weighted by atomic mass is 9.90. The van der Waals surface area contributed by atoms with Crippen molar-refractivity contribution in [2.75, 3.05) is 5.01 Å². The maximum Gasteiger partial charge on any atom is 0.282 e. The molecule has 0 fully saturated rings. The second-order valence-corrected chi connectivity index (χ2v) is 17.3. The Morgan fingerprint density at radius 2 is 1.03 bits per heavy atom. The lowest BCUT2D eigenvalue weighted by molar-refractivity contribution is -0.112. The van der Waals surface area contributed by atoms with Gasteiger partial charge in [-0.3, -0.25) is 9.79 Å². The van der Waals surface area contributed by atoms with Crippen molar-refractivity contribution < 1.29 is 4.79 Å². The SMILES string of the molecule is CC1=NN(c2ccccc2)C(=O)/C1=c1/[nH]c2c/c1=C(/c1ccc(C)cc1)C1=N/C(=C(/c3ccc(C)cc3)c3ccc([nH]3)/C(c3ccc(C)cc3)=C3/C=CC(=N3)C2c2ccc(C)cc2)C=C1. The number of fused-ring (bicyclic) bond motifs is 6. The molecule has 7 aromatic rings. The fourth-order valence-electron chi connectivity index (χ4n) is 9.32. The third kappa shape index (κ3) is 7.11. The molecule has 2 aromatic heterocycles. The molecular formula is C58H46N6O. The number of H-pyrrole nitrogens is 2. The zero-order valence-corrected chi connectivity index (χ0v) is 36.9. The van der Waals surface area contributed by atoms with Crippen LogP contribution >= 0.6 is 0 Å². The molecule has 4 aliphatic heterocycles. The number of benzene rings is 5. The number of aromatic nitrogens is 2. The number of carbonyl (C=O) groups is 1. The summed E-state index contributed by atoms with van der Waals surface area (Å²) >= 11 is 0. The molecule has 5 aromatic carbocycles. The normalized spacial score (nSPS) is 20.7. The van der Waals surface area contributed by atoms with Crippen LogP contribution in [0.1, 0.15) is 74.4 Å². The quantitative estimate of drug-likeness (QED) is 0.178. The van der Waals surface area contributed by atoms with Gasteiger partial charge >= 0.3 is 0 Å². The molecule has 1 unspecified atom stereocenters. The number of allylic oxidation sites excluding steroid dienone is 4. The predicted octanol–water partition coefficient (Wildman–Crippen LogP) is 10.7. The number of rotatable bonds is 5. The van der Waals surface area contributed by atoms with Crippen molar-refractivity contribution in [2.24, 2.45) is 15.1 Å². The molecule has 0 aliphatic carbocycles. The van der Waals surface area contributed by atoms with E-state index in [0.717, 1.165) is 89.7 Å². The number of nitrogens with one attached hydrogen (secondary N) is 2. The number of aromatic amines is 2. The molecule has 314 valence electrons. The first-order chi connectivity index (χ1) is 31.7. The fraction of sp³-hybridized carbons (Fsp3) is 0.103. The van der Waals surface area contributed by atoms with Crippen LogP contribution in [0.15, 0.2) is 196 Å². The summed E-state index contributed by atoms with van der Waals surface area (Å²) < 4.78 is 0. The highest BCUT2D eigenvalue weighted by molar-refractivity contribution is 6.48. The van der Waals surface area contributed by atoms with E-state index in [-0.39, 0.29) is 11.8 Å². The number of amides is 1. The van der Waals surface area contributed by atoms with Gasteiger partial charge in [-0.2, -0.15) is 10.1 Å². The maximum absolute atomic E-state index is 14.9. The topological polar surface area (TPSA) is 89.0 Å². The minimum absolute atomic E-state index is 0.205. The van der Waals surface area contributed by atoms with Gasteiger partial charge in [0.1, 0.15) is 0 Å². The summed E-state index contributed by atoms with van der Waals surface area (Å²) in [5, 5.41) is 7.92. The van der Waals surface area contributed by atoms with Crippen LogP contribution in [-0.2, 0) is 4.79 Å². The largest absolute Gasteiger partial charge is 0.357 e. The third-order valence-corrected chi connectivity index (χ3v) is 12.7.